The van der Waals surface area contributed by atoms with Crippen LogP contribution in [0.3, 0.4) is 0 Å². The second-order valence-electron chi connectivity index (χ2n) is 8.59. The maximum absolute atomic E-state index is 4.95. The van der Waals surface area contributed by atoms with Gasteiger partial charge in [-0.2, -0.15) is 0 Å². The van der Waals surface area contributed by atoms with Crippen LogP contribution in [0.15, 0.2) is 97.5 Å². The fourth-order valence-corrected chi connectivity index (χ4v) is 6.50. The highest BCUT2D eigenvalue weighted by Crippen LogP contribution is 2.46. The first-order valence-electron chi connectivity index (χ1n) is 11.3. The minimum Gasteiger partial charge on any atom is -0.264 e. The molecule has 0 saturated carbocycles. The minimum absolute atomic E-state index is 1.03. The summed E-state index contributed by atoms with van der Waals surface area (Å²) >= 11 is 1.89. The van der Waals surface area contributed by atoms with Crippen LogP contribution in [0, 0.1) is 0 Å². The van der Waals surface area contributed by atoms with Gasteiger partial charge in [-0.25, -0.2) is 0 Å². The van der Waals surface area contributed by atoms with Crippen LogP contribution in [0.5, 0.6) is 0 Å². The van der Waals surface area contributed by atoms with E-state index in [4.69, 9.17) is 4.98 Å². The summed E-state index contributed by atoms with van der Waals surface area (Å²) in [7, 11) is 0. The van der Waals surface area contributed by atoms with Crippen molar-refractivity contribution in [3.8, 4) is 32.8 Å². The van der Waals surface area contributed by atoms with Crippen LogP contribution in [0.4, 0.5) is 0 Å². The van der Waals surface area contributed by atoms with Gasteiger partial charge in [-0.3, -0.25) is 9.97 Å². The van der Waals surface area contributed by atoms with Gasteiger partial charge in [-0.05, 0) is 75.7 Å². The van der Waals surface area contributed by atoms with Crippen molar-refractivity contribution in [2.24, 2.45) is 0 Å². The number of thiophene rings is 1. The number of pyridine rings is 2. The molecule has 1 aliphatic rings. The molecule has 0 atom stereocenters. The predicted octanol–water partition coefficient (Wildman–Crippen LogP) is 7.94. The van der Waals surface area contributed by atoms with Gasteiger partial charge in [0.1, 0.15) is 0 Å². The number of aromatic nitrogens is 2. The molecule has 2 nitrogen and oxygen atoms in total. The van der Waals surface area contributed by atoms with Crippen LogP contribution < -0.4 is 0 Å². The van der Waals surface area contributed by atoms with Gasteiger partial charge in [0.15, 0.2) is 0 Å². The molecule has 3 aromatic heterocycles. The number of rotatable bonds is 2. The molecule has 0 spiro atoms. The quantitative estimate of drug-likeness (QED) is 0.273. The molecule has 0 amide bonds. The van der Waals surface area contributed by atoms with E-state index in [9.17, 15) is 0 Å². The van der Waals surface area contributed by atoms with E-state index in [0.717, 1.165) is 18.5 Å². The summed E-state index contributed by atoms with van der Waals surface area (Å²) in [5.74, 6) is 0. The van der Waals surface area contributed by atoms with E-state index >= 15 is 0 Å². The smallest absolute Gasteiger partial charge is 0.0792 e. The fraction of sp³-hybridized carbons (Fsp3) is 0.0667. The summed E-state index contributed by atoms with van der Waals surface area (Å²) in [6, 6.07) is 28.3. The molecule has 156 valence electrons. The van der Waals surface area contributed by atoms with E-state index in [2.05, 4.69) is 83.8 Å². The van der Waals surface area contributed by atoms with E-state index in [1.54, 1.807) is 0 Å². The Bertz CT molecular complexity index is 1660. The number of hydrogen-bond acceptors (Lipinski definition) is 3. The second kappa shape index (κ2) is 7.36. The third kappa shape index (κ3) is 2.93. The number of nitrogens with zero attached hydrogens (tertiary/aromatic N) is 2. The molecule has 6 aromatic rings. The maximum Gasteiger partial charge on any atom is 0.0792 e. The molecule has 0 N–H and O–H groups in total. The fourth-order valence-electron chi connectivity index (χ4n) is 5.19. The Morgan fingerprint density at radius 3 is 2.55 bits per heavy atom. The largest absolute Gasteiger partial charge is 0.264 e. The molecule has 33 heavy (non-hydrogen) atoms. The van der Waals surface area contributed by atoms with Crippen LogP contribution >= 0.6 is 11.3 Å². The Morgan fingerprint density at radius 2 is 1.61 bits per heavy atom. The third-order valence-corrected chi connectivity index (χ3v) is 7.94. The van der Waals surface area contributed by atoms with Crippen LogP contribution in [0.25, 0.3) is 53.7 Å². The lowest BCUT2D eigenvalue weighted by molar-refractivity contribution is 0.945. The zero-order valence-electron chi connectivity index (χ0n) is 18.0. The first-order valence-corrected chi connectivity index (χ1v) is 12.1. The molecular weight excluding hydrogens is 420 g/mol. The van der Waals surface area contributed by atoms with Crippen LogP contribution in [-0.4, -0.2) is 9.97 Å². The van der Waals surface area contributed by atoms with Crippen LogP contribution in [-0.2, 0) is 12.8 Å². The number of aryl methyl sites for hydroxylation is 2. The van der Waals surface area contributed by atoms with Gasteiger partial charge in [0.25, 0.3) is 0 Å². The topological polar surface area (TPSA) is 25.8 Å². The molecule has 0 saturated heterocycles. The third-order valence-electron chi connectivity index (χ3n) is 6.71. The summed E-state index contributed by atoms with van der Waals surface area (Å²) < 4.78 is 1.31. The lowest BCUT2D eigenvalue weighted by Crippen LogP contribution is -2.02. The molecule has 3 aromatic carbocycles. The predicted molar refractivity (Wildman–Crippen MR) is 139 cm³/mol. The van der Waals surface area contributed by atoms with Crippen molar-refractivity contribution < 1.29 is 0 Å². The van der Waals surface area contributed by atoms with Gasteiger partial charge in [0.2, 0.25) is 0 Å². The van der Waals surface area contributed by atoms with Crippen molar-refractivity contribution in [1.82, 2.24) is 9.97 Å². The summed E-state index contributed by atoms with van der Waals surface area (Å²) in [5, 5.41) is 3.83. The lowest BCUT2D eigenvalue weighted by Gasteiger charge is -2.16. The first-order chi connectivity index (χ1) is 16.4. The summed E-state index contributed by atoms with van der Waals surface area (Å²) in [6.45, 7) is 0. The number of benzene rings is 3. The highest BCUT2D eigenvalue weighted by molar-refractivity contribution is 7.22. The average Bonchev–Trinajstić information content (AvgIpc) is 3.28. The molecule has 1 aliphatic carbocycles. The summed E-state index contributed by atoms with van der Waals surface area (Å²) in [6.07, 6.45) is 7.96. The molecule has 3 heteroatoms. The molecule has 0 bridgehead atoms. The summed E-state index contributed by atoms with van der Waals surface area (Å²) in [5.41, 5.74) is 8.88. The van der Waals surface area contributed by atoms with Crippen molar-refractivity contribution in [2.75, 3.05) is 0 Å². The normalized spacial score (nSPS) is 12.6. The number of fused-ring (bicyclic) bond motifs is 6. The van der Waals surface area contributed by atoms with Gasteiger partial charge in [-0.1, -0.05) is 54.6 Å². The molecular formula is C30H20N2S. The Balaban J connectivity index is 1.52. The molecule has 7 rings (SSSR count). The van der Waals surface area contributed by atoms with E-state index in [1.165, 1.54) is 59.1 Å². The van der Waals surface area contributed by atoms with Gasteiger partial charge in [-0.15, -0.1) is 11.3 Å². The number of hydrogen-bond donors (Lipinski definition) is 0. The summed E-state index contributed by atoms with van der Waals surface area (Å²) in [4.78, 5) is 10.7. The lowest BCUT2D eigenvalue weighted by atomic mass is 9.89. The Labute approximate surface area is 196 Å². The Hall–Kier alpha value is -3.82. The minimum atomic E-state index is 1.03. The van der Waals surface area contributed by atoms with Crippen molar-refractivity contribution in [1.29, 1.82) is 0 Å². The Kier molecular flexibility index (Phi) is 4.18. The van der Waals surface area contributed by atoms with E-state index < -0.39 is 0 Å². The SMILES string of the molecule is c1ccc(-c2cc(-c3nccc4sc5c(c34)CCc3cnccc3-5)cc3ccccc23)cc1. The Morgan fingerprint density at radius 1 is 0.727 bits per heavy atom. The van der Waals surface area contributed by atoms with Gasteiger partial charge < -0.3 is 0 Å². The van der Waals surface area contributed by atoms with Crippen molar-refractivity contribution in [2.45, 2.75) is 12.8 Å². The maximum atomic E-state index is 4.95. The van der Waals surface area contributed by atoms with E-state index in [0.29, 0.717) is 0 Å². The van der Waals surface area contributed by atoms with Gasteiger partial charge >= 0.3 is 0 Å². The monoisotopic (exact) mass is 440 g/mol. The van der Waals surface area contributed by atoms with Crippen molar-refractivity contribution >= 4 is 32.2 Å². The standard InChI is InChI=1S/C30H20N2S/c1-2-6-19(7-3-1)26-17-22(16-20-8-4-5-9-23(20)26)29-28-25-11-10-21-18-31-14-12-24(21)30(25)33-27(28)13-15-32-29/h1-9,12-18H,10-11H2. The second-order valence-corrected chi connectivity index (χ2v) is 9.64. The van der Waals surface area contributed by atoms with Gasteiger partial charge in [0.05, 0.1) is 5.69 Å². The van der Waals surface area contributed by atoms with Crippen LogP contribution in [0.2, 0.25) is 0 Å². The van der Waals surface area contributed by atoms with Gasteiger partial charge in [0, 0.05) is 39.1 Å². The highest BCUT2D eigenvalue weighted by Gasteiger charge is 2.24. The molecule has 0 aliphatic heterocycles. The van der Waals surface area contributed by atoms with E-state index in [1.807, 2.05) is 29.9 Å². The van der Waals surface area contributed by atoms with Crippen molar-refractivity contribution in [3.05, 3.63) is 109 Å². The zero-order valence-corrected chi connectivity index (χ0v) is 18.8. The molecule has 3 heterocycles. The first kappa shape index (κ1) is 18.7. The molecule has 0 fully saturated rings. The molecule has 0 radical (unpaired) electrons. The van der Waals surface area contributed by atoms with E-state index in [-0.39, 0.29) is 0 Å². The highest BCUT2D eigenvalue weighted by atomic mass is 32.1. The van der Waals surface area contributed by atoms with Crippen LogP contribution in [0.1, 0.15) is 11.1 Å². The zero-order chi connectivity index (χ0) is 21.8. The molecule has 0 unspecified atom stereocenters. The van der Waals surface area contributed by atoms with Crippen molar-refractivity contribution in [3.63, 3.8) is 0 Å². The average molecular weight is 441 g/mol.